The zero-order valence-electron chi connectivity index (χ0n) is 11.9. The van der Waals surface area contributed by atoms with Gasteiger partial charge in [-0.3, -0.25) is 10.3 Å². The molecule has 2 heterocycles. The molecule has 0 aliphatic heterocycles. The molecule has 2 N–H and O–H groups in total. The third-order valence-corrected chi connectivity index (χ3v) is 4.60. The van der Waals surface area contributed by atoms with Crippen molar-refractivity contribution in [1.82, 2.24) is 15.3 Å². The number of amides is 2. The minimum Gasteiger partial charge on any atom is -0.332 e. The van der Waals surface area contributed by atoms with Gasteiger partial charge in [0, 0.05) is 11.1 Å². The van der Waals surface area contributed by atoms with Crippen LogP contribution < -0.4 is 10.6 Å². The quantitative estimate of drug-likeness (QED) is 0.916. The summed E-state index contributed by atoms with van der Waals surface area (Å²) in [5.41, 5.74) is 1.98. The standard InChI is InChI=1S/C15H18N4OS/c1-10-5-6-12-13(8-10)21-15(18-12)19-14(20)17-9-11-4-2-3-7-16-11/h2-4,7,10H,5-6,8-9H2,1H3,(H2,17,18,19,20). The van der Waals surface area contributed by atoms with Crippen molar-refractivity contribution in [1.29, 1.82) is 0 Å². The van der Waals surface area contributed by atoms with Crippen LogP contribution in [0, 0.1) is 5.92 Å². The van der Waals surface area contributed by atoms with Gasteiger partial charge in [-0.25, -0.2) is 9.78 Å². The molecular weight excluding hydrogens is 284 g/mol. The van der Waals surface area contributed by atoms with Gasteiger partial charge in [-0.05, 0) is 37.3 Å². The van der Waals surface area contributed by atoms with Crippen LogP contribution in [0.4, 0.5) is 9.93 Å². The number of hydrogen-bond acceptors (Lipinski definition) is 4. The summed E-state index contributed by atoms with van der Waals surface area (Å²) in [5, 5.41) is 6.29. The summed E-state index contributed by atoms with van der Waals surface area (Å²) in [6.45, 7) is 2.67. The van der Waals surface area contributed by atoms with Gasteiger partial charge in [0.2, 0.25) is 0 Å². The summed E-state index contributed by atoms with van der Waals surface area (Å²) >= 11 is 1.59. The van der Waals surface area contributed by atoms with Crippen molar-refractivity contribution in [3.05, 3.63) is 40.7 Å². The predicted octanol–water partition coefficient (Wildman–Crippen LogP) is 2.98. The van der Waals surface area contributed by atoms with Gasteiger partial charge in [0.15, 0.2) is 5.13 Å². The predicted molar refractivity (Wildman–Crippen MR) is 83.4 cm³/mol. The maximum absolute atomic E-state index is 11.9. The van der Waals surface area contributed by atoms with Crippen molar-refractivity contribution in [3.63, 3.8) is 0 Å². The summed E-state index contributed by atoms with van der Waals surface area (Å²) in [4.78, 5) is 21.9. The van der Waals surface area contributed by atoms with Crippen LogP contribution in [0.25, 0.3) is 0 Å². The van der Waals surface area contributed by atoms with E-state index in [0.717, 1.165) is 24.2 Å². The van der Waals surface area contributed by atoms with E-state index in [1.165, 1.54) is 11.3 Å². The minimum atomic E-state index is -0.236. The minimum absolute atomic E-state index is 0.236. The summed E-state index contributed by atoms with van der Waals surface area (Å²) in [7, 11) is 0. The number of pyridine rings is 1. The second-order valence-corrected chi connectivity index (χ2v) is 6.45. The smallest absolute Gasteiger partial charge is 0.321 e. The number of nitrogens with one attached hydrogen (secondary N) is 2. The van der Waals surface area contributed by atoms with Gasteiger partial charge in [-0.15, -0.1) is 11.3 Å². The average Bonchev–Trinajstić information content (AvgIpc) is 2.87. The lowest BCUT2D eigenvalue weighted by molar-refractivity contribution is 0.251. The fraction of sp³-hybridized carbons (Fsp3) is 0.400. The molecule has 5 nitrogen and oxygen atoms in total. The van der Waals surface area contributed by atoms with Crippen molar-refractivity contribution in [2.75, 3.05) is 5.32 Å². The van der Waals surface area contributed by atoms with Crippen LogP contribution >= 0.6 is 11.3 Å². The zero-order valence-corrected chi connectivity index (χ0v) is 12.7. The van der Waals surface area contributed by atoms with E-state index in [0.29, 0.717) is 17.6 Å². The number of thiazole rings is 1. The highest BCUT2D eigenvalue weighted by Crippen LogP contribution is 2.31. The molecule has 1 aliphatic rings. The molecule has 21 heavy (non-hydrogen) atoms. The Morgan fingerprint density at radius 2 is 2.38 bits per heavy atom. The van der Waals surface area contributed by atoms with E-state index in [-0.39, 0.29) is 6.03 Å². The van der Waals surface area contributed by atoms with E-state index >= 15 is 0 Å². The molecule has 1 atom stereocenters. The van der Waals surface area contributed by atoms with Gasteiger partial charge >= 0.3 is 6.03 Å². The Balaban J connectivity index is 1.55. The monoisotopic (exact) mass is 302 g/mol. The highest BCUT2D eigenvalue weighted by atomic mass is 32.1. The summed E-state index contributed by atoms with van der Waals surface area (Å²) < 4.78 is 0. The lowest BCUT2D eigenvalue weighted by Gasteiger charge is -2.15. The molecule has 0 bridgehead atoms. The molecule has 0 fully saturated rings. The first-order valence-corrected chi connectivity index (χ1v) is 7.95. The van der Waals surface area contributed by atoms with Crippen LogP contribution in [0.15, 0.2) is 24.4 Å². The van der Waals surface area contributed by atoms with E-state index in [4.69, 9.17) is 0 Å². The molecule has 0 spiro atoms. The number of hydrogen-bond donors (Lipinski definition) is 2. The van der Waals surface area contributed by atoms with E-state index < -0.39 is 0 Å². The van der Waals surface area contributed by atoms with E-state index in [1.807, 2.05) is 18.2 Å². The van der Waals surface area contributed by atoms with Crippen molar-refractivity contribution in [2.45, 2.75) is 32.7 Å². The second kappa shape index (κ2) is 6.22. The molecule has 6 heteroatoms. The van der Waals surface area contributed by atoms with Crippen LogP contribution in [-0.2, 0) is 19.4 Å². The van der Waals surface area contributed by atoms with Gasteiger partial charge in [0.1, 0.15) is 0 Å². The highest BCUT2D eigenvalue weighted by molar-refractivity contribution is 7.15. The number of aryl methyl sites for hydroxylation is 1. The van der Waals surface area contributed by atoms with Gasteiger partial charge in [-0.1, -0.05) is 13.0 Å². The first kappa shape index (κ1) is 14.0. The first-order valence-electron chi connectivity index (χ1n) is 7.14. The molecule has 0 saturated carbocycles. The Hall–Kier alpha value is -1.95. The SMILES string of the molecule is CC1CCc2nc(NC(=O)NCc3ccccn3)sc2C1. The Labute approximate surface area is 127 Å². The van der Waals surface area contributed by atoms with Gasteiger partial charge < -0.3 is 5.32 Å². The molecule has 0 saturated heterocycles. The topological polar surface area (TPSA) is 66.9 Å². The molecule has 1 unspecified atom stereocenters. The lowest BCUT2D eigenvalue weighted by atomic mass is 9.93. The molecular formula is C15H18N4OS. The zero-order chi connectivity index (χ0) is 14.7. The van der Waals surface area contributed by atoms with Gasteiger partial charge in [0.25, 0.3) is 0 Å². The van der Waals surface area contributed by atoms with Crippen molar-refractivity contribution in [2.24, 2.45) is 5.92 Å². The number of aromatic nitrogens is 2. The van der Waals surface area contributed by atoms with E-state index in [1.54, 1.807) is 17.5 Å². The van der Waals surface area contributed by atoms with Crippen LogP contribution in [0.2, 0.25) is 0 Å². The highest BCUT2D eigenvalue weighted by Gasteiger charge is 2.20. The maximum Gasteiger partial charge on any atom is 0.321 e. The van der Waals surface area contributed by atoms with Crippen LogP contribution in [0.3, 0.4) is 0 Å². The van der Waals surface area contributed by atoms with E-state index in [9.17, 15) is 4.79 Å². The number of nitrogens with zero attached hydrogens (tertiary/aromatic N) is 2. The van der Waals surface area contributed by atoms with E-state index in [2.05, 4.69) is 27.5 Å². The molecule has 3 rings (SSSR count). The fourth-order valence-electron chi connectivity index (χ4n) is 2.41. The Bertz CT molecular complexity index is 626. The number of fused-ring (bicyclic) bond motifs is 1. The third kappa shape index (κ3) is 3.58. The Kier molecular flexibility index (Phi) is 4.15. The normalized spacial score (nSPS) is 17.1. The van der Waals surface area contributed by atoms with Gasteiger partial charge in [-0.2, -0.15) is 0 Å². The lowest BCUT2D eigenvalue weighted by Crippen LogP contribution is -2.28. The van der Waals surface area contributed by atoms with Gasteiger partial charge in [0.05, 0.1) is 17.9 Å². The van der Waals surface area contributed by atoms with Crippen LogP contribution in [0.5, 0.6) is 0 Å². The first-order chi connectivity index (χ1) is 10.2. The summed E-state index contributed by atoms with van der Waals surface area (Å²) in [5.74, 6) is 0.712. The number of anilines is 1. The number of urea groups is 1. The summed E-state index contributed by atoms with van der Waals surface area (Å²) in [6.07, 6.45) is 4.99. The fourth-order valence-corrected chi connectivity index (χ4v) is 3.57. The Morgan fingerprint density at radius 1 is 1.48 bits per heavy atom. The maximum atomic E-state index is 11.9. The number of carbonyl (C=O) groups is 1. The van der Waals surface area contributed by atoms with Crippen LogP contribution in [-0.4, -0.2) is 16.0 Å². The molecule has 0 aromatic carbocycles. The molecule has 110 valence electrons. The van der Waals surface area contributed by atoms with Crippen molar-refractivity contribution < 1.29 is 4.79 Å². The molecule has 2 amide bonds. The molecule has 0 radical (unpaired) electrons. The number of carbonyl (C=O) groups excluding carboxylic acids is 1. The Morgan fingerprint density at radius 3 is 3.19 bits per heavy atom. The van der Waals surface area contributed by atoms with Crippen molar-refractivity contribution in [3.8, 4) is 0 Å². The third-order valence-electron chi connectivity index (χ3n) is 3.56. The molecule has 2 aromatic heterocycles. The van der Waals surface area contributed by atoms with Crippen molar-refractivity contribution >= 4 is 22.5 Å². The largest absolute Gasteiger partial charge is 0.332 e. The molecule has 2 aromatic rings. The second-order valence-electron chi connectivity index (χ2n) is 5.37. The summed E-state index contributed by atoms with van der Waals surface area (Å²) in [6, 6.07) is 5.40. The van der Waals surface area contributed by atoms with Crippen LogP contribution in [0.1, 0.15) is 29.6 Å². The number of rotatable bonds is 3. The molecule has 1 aliphatic carbocycles. The average molecular weight is 302 g/mol.